The molecule has 0 aliphatic heterocycles. The molecule has 4 rings (SSSR count). The zero-order valence-electron chi connectivity index (χ0n) is 16.5. The van der Waals surface area contributed by atoms with E-state index in [2.05, 4.69) is 4.98 Å². The lowest BCUT2D eigenvalue weighted by molar-refractivity contribution is 0.104. The lowest BCUT2D eigenvalue weighted by atomic mass is 9.96. The summed E-state index contributed by atoms with van der Waals surface area (Å²) in [6.07, 6.45) is 7.19. The number of rotatable bonds is 5. The van der Waals surface area contributed by atoms with Gasteiger partial charge in [-0.1, -0.05) is 78.9 Å². The number of allylic oxidation sites excluding steroid dienone is 1. The Morgan fingerprint density at radius 3 is 2.23 bits per heavy atom. The Morgan fingerprint density at radius 1 is 0.800 bits per heavy atom. The Morgan fingerprint density at radius 2 is 1.47 bits per heavy atom. The number of carbonyl (C=O) groups excluding carboxylic acids is 1. The zero-order valence-corrected chi connectivity index (χ0v) is 16.5. The molecular weight excluding hydrogens is 373 g/mol. The molecule has 1 aromatic heterocycles. The highest BCUT2D eigenvalue weighted by Crippen LogP contribution is 2.26. The van der Waals surface area contributed by atoms with Crippen LogP contribution in [0.15, 0.2) is 84.9 Å². The van der Waals surface area contributed by atoms with Crippen molar-refractivity contribution in [2.75, 3.05) is 0 Å². The van der Waals surface area contributed by atoms with Gasteiger partial charge in [-0.05, 0) is 47.9 Å². The van der Waals surface area contributed by atoms with E-state index in [4.69, 9.17) is 0 Å². The largest absolute Gasteiger partial charge is 0.289 e. The number of aryl methyl sites for hydroxylation is 1. The summed E-state index contributed by atoms with van der Waals surface area (Å²) in [5.41, 5.74) is 4.70. The molecule has 3 aromatic carbocycles. The molecule has 0 aliphatic rings. The Kier molecular flexibility index (Phi) is 5.62. The van der Waals surface area contributed by atoms with E-state index in [9.17, 15) is 9.18 Å². The van der Waals surface area contributed by atoms with Gasteiger partial charge < -0.3 is 0 Å². The van der Waals surface area contributed by atoms with Gasteiger partial charge in [0.25, 0.3) is 0 Å². The van der Waals surface area contributed by atoms with E-state index in [0.717, 1.165) is 27.6 Å². The fourth-order valence-corrected chi connectivity index (χ4v) is 3.42. The van der Waals surface area contributed by atoms with Crippen LogP contribution >= 0.6 is 0 Å². The predicted octanol–water partition coefficient (Wildman–Crippen LogP) is 6.75. The van der Waals surface area contributed by atoms with Crippen molar-refractivity contribution < 1.29 is 9.18 Å². The molecule has 0 bridgehead atoms. The van der Waals surface area contributed by atoms with E-state index in [-0.39, 0.29) is 11.6 Å². The number of aromatic nitrogens is 1. The van der Waals surface area contributed by atoms with Gasteiger partial charge in [0.2, 0.25) is 0 Å². The van der Waals surface area contributed by atoms with Crippen LogP contribution in [0.3, 0.4) is 0 Å². The molecule has 0 radical (unpaired) electrons. The van der Waals surface area contributed by atoms with Crippen molar-refractivity contribution in [2.24, 2.45) is 0 Å². The minimum Gasteiger partial charge on any atom is -0.289 e. The first-order chi connectivity index (χ1) is 14.6. The third-order valence-electron chi connectivity index (χ3n) is 4.90. The molecule has 3 heteroatoms. The van der Waals surface area contributed by atoms with E-state index in [1.54, 1.807) is 18.2 Å². The summed E-state index contributed by atoms with van der Waals surface area (Å²) in [6.45, 7) is 1.85. The van der Waals surface area contributed by atoms with Crippen molar-refractivity contribution in [3.8, 4) is 0 Å². The minimum absolute atomic E-state index is 0.103. The van der Waals surface area contributed by atoms with Crippen LogP contribution < -0.4 is 0 Å². The van der Waals surface area contributed by atoms with Gasteiger partial charge in [-0.3, -0.25) is 9.78 Å². The summed E-state index contributed by atoms with van der Waals surface area (Å²) in [4.78, 5) is 17.8. The summed E-state index contributed by atoms with van der Waals surface area (Å²) in [5, 5.41) is 0.901. The Balaban J connectivity index is 1.81. The maximum Gasteiger partial charge on any atom is 0.188 e. The average molecular weight is 393 g/mol. The SMILES string of the molecule is Cc1nc2ccccc2c(/C=C/c2ccc(F)cc2)c1C(=O)/C=C/c1ccccc1. The lowest BCUT2D eigenvalue weighted by Gasteiger charge is -2.11. The number of hydrogen-bond donors (Lipinski definition) is 0. The van der Waals surface area contributed by atoms with Gasteiger partial charge in [-0.25, -0.2) is 4.39 Å². The minimum atomic E-state index is -0.278. The monoisotopic (exact) mass is 393 g/mol. The van der Waals surface area contributed by atoms with Crippen molar-refractivity contribution in [1.82, 2.24) is 4.98 Å². The molecule has 0 saturated carbocycles. The second-order valence-corrected chi connectivity index (χ2v) is 7.00. The van der Waals surface area contributed by atoms with E-state index in [0.29, 0.717) is 11.3 Å². The van der Waals surface area contributed by atoms with Crippen LogP contribution in [0, 0.1) is 12.7 Å². The maximum absolute atomic E-state index is 13.2. The van der Waals surface area contributed by atoms with Crippen molar-refractivity contribution in [3.63, 3.8) is 0 Å². The molecule has 146 valence electrons. The first-order valence-electron chi connectivity index (χ1n) is 9.72. The van der Waals surface area contributed by atoms with Gasteiger partial charge in [0, 0.05) is 11.1 Å². The number of carbonyl (C=O) groups is 1. The number of hydrogen-bond acceptors (Lipinski definition) is 2. The number of benzene rings is 3. The fourth-order valence-electron chi connectivity index (χ4n) is 3.42. The summed E-state index contributed by atoms with van der Waals surface area (Å²) in [5.74, 6) is -0.382. The number of halogens is 1. The second kappa shape index (κ2) is 8.66. The Labute approximate surface area is 175 Å². The normalized spacial score (nSPS) is 11.5. The Hall–Kier alpha value is -3.85. The van der Waals surface area contributed by atoms with E-state index >= 15 is 0 Å². The molecule has 4 aromatic rings. The molecule has 0 N–H and O–H groups in total. The van der Waals surface area contributed by atoms with Crippen LogP contribution in [-0.2, 0) is 0 Å². The third kappa shape index (κ3) is 4.26. The fraction of sp³-hybridized carbons (Fsp3) is 0.0370. The number of pyridine rings is 1. The number of fused-ring (bicyclic) bond motifs is 1. The van der Waals surface area contributed by atoms with Gasteiger partial charge >= 0.3 is 0 Å². The molecule has 30 heavy (non-hydrogen) atoms. The highest BCUT2D eigenvalue weighted by molar-refractivity contribution is 6.13. The standard InChI is InChI=1S/C27H20FNO/c1-19-27(26(30)18-14-20-7-3-2-4-8-20)24(23-9-5-6-10-25(23)29-19)17-13-21-11-15-22(28)16-12-21/h2-18H,1H3/b17-13+,18-14+. The van der Waals surface area contributed by atoms with Gasteiger partial charge in [0.1, 0.15) is 5.82 Å². The van der Waals surface area contributed by atoms with Gasteiger partial charge in [-0.2, -0.15) is 0 Å². The molecule has 2 nitrogen and oxygen atoms in total. The number of para-hydroxylation sites is 1. The van der Waals surface area contributed by atoms with Crippen molar-refractivity contribution in [3.05, 3.63) is 119 Å². The summed E-state index contributed by atoms with van der Waals surface area (Å²) < 4.78 is 13.2. The van der Waals surface area contributed by atoms with E-state index in [1.165, 1.54) is 12.1 Å². The second-order valence-electron chi connectivity index (χ2n) is 7.00. The summed E-state index contributed by atoms with van der Waals surface area (Å²) >= 11 is 0. The molecule has 0 atom stereocenters. The van der Waals surface area contributed by atoms with Gasteiger partial charge in [0.15, 0.2) is 5.78 Å². The summed E-state index contributed by atoms with van der Waals surface area (Å²) in [6, 6.07) is 23.7. The quantitative estimate of drug-likeness (QED) is 0.277. The van der Waals surface area contributed by atoms with Crippen LogP contribution in [-0.4, -0.2) is 10.8 Å². The van der Waals surface area contributed by atoms with Crippen LogP contribution in [0.5, 0.6) is 0 Å². The third-order valence-corrected chi connectivity index (χ3v) is 4.90. The van der Waals surface area contributed by atoms with Crippen molar-refractivity contribution >= 4 is 34.9 Å². The Bertz CT molecular complexity index is 1260. The highest BCUT2D eigenvalue weighted by atomic mass is 19.1. The van der Waals surface area contributed by atoms with Crippen molar-refractivity contribution in [2.45, 2.75) is 6.92 Å². The van der Waals surface area contributed by atoms with E-state index in [1.807, 2.05) is 79.7 Å². The number of ketones is 1. The molecule has 0 spiro atoms. The topological polar surface area (TPSA) is 30.0 Å². The van der Waals surface area contributed by atoms with Crippen LogP contribution in [0.4, 0.5) is 4.39 Å². The molecule has 0 amide bonds. The van der Waals surface area contributed by atoms with Crippen molar-refractivity contribution in [1.29, 1.82) is 0 Å². The first kappa shape index (κ1) is 19.5. The lowest BCUT2D eigenvalue weighted by Crippen LogP contribution is -2.05. The van der Waals surface area contributed by atoms with Crippen LogP contribution in [0.1, 0.15) is 32.7 Å². The van der Waals surface area contributed by atoms with Crippen LogP contribution in [0.2, 0.25) is 0 Å². The molecule has 0 fully saturated rings. The molecule has 0 saturated heterocycles. The first-order valence-corrected chi connectivity index (χ1v) is 9.72. The molecule has 0 unspecified atom stereocenters. The van der Waals surface area contributed by atoms with Gasteiger partial charge in [-0.15, -0.1) is 0 Å². The molecule has 0 aliphatic carbocycles. The van der Waals surface area contributed by atoms with Crippen LogP contribution in [0.25, 0.3) is 29.1 Å². The predicted molar refractivity (Wildman–Crippen MR) is 122 cm³/mol. The molecule has 1 heterocycles. The average Bonchev–Trinajstić information content (AvgIpc) is 2.77. The number of nitrogens with zero attached hydrogens (tertiary/aromatic N) is 1. The molecular formula is C27H20FNO. The van der Waals surface area contributed by atoms with Gasteiger partial charge in [0.05, 0.1) is 11.1 Å². The summed E-state index contributed by atoms with van der Waals surface area (Å²) in [7, 11) is 0. The van der Waals surface area contributed by atoms with E-state index < -0.39 is 0 Å². The smallest absolute Gasteiger partial charge is 0.188 e. The maximum atomic E-state index is 13.2. The zero-order chi connectivity index (χ0) is 20.9. The highest BCUT2D eigenvalue weighted by Gasteiger charge is 2.15.